The minimum absolute atomic E-state index is 0.289. The molecule has 2 unspecified atom stereocenters. The van der Waals surface area contributed by atoms with Crippen molar-refractivity contribution in [3.05, 3.63) is 0 Å². The monoisotopic (exact) mass is 166 g/mol. The van der Waals surface area contributed by atoms with Crippen LogP contribution >= 0.6 is 0 Å². The Bertz CT molecular complexity index is 221. The highest BCUT2D eigenvalue weighted by atomic mass is 32.2. The molecule has 0 aliphatic carbocycles. The summed E-state index contributed by atoms with van der Waals surface area (Å²) < 4.78 is 17.5. The van der Waals surface area contributed by atoms with Gasteiger partial charge in [-0.1, -0.05) is 0 Å². The zero-order valence-electron chi connectivity index (χ0n) is 5.53. The molecule has 60 valence electrons. The first-order valence-electron chi connectivity index (χ1n) is 2.53. The molecule has 0 spiro atoms. The molecular weight excluding hydrogens is 156 g/mol. The van der Waals surface area contributed by atoms with Crippen molar-refractivity contribution >= 4 is 15.7 Å². The van der Waals surface area contributed by atoms with E-state index in [0.717, 1.165) is 6.26 Å². The molecule has 0 aliphatic rings. The van der Waals surface area contributed by atoms with Gasteiger partial charge in [-0.25, -0.2) is 0 Å². The molecule has 0 radical (unpaired) electrons. The van der Waals surface area contributed by atoms with Crippen molar-refractivity contribution in [2.24, 2.45) is 5.73 Å². The lowest BCUT2D eigenvalue weighted by atomic mass is 10.4. The molecule has 6 heteroatoms. The van der Waals surface area contributed by atoms with Crippen LogP contribution in [-0.2, 0) is 14.5 Å². The topological polar surface area (TPSA) is 104 Å². The van der Waals surface area contributed by atoms with E-state index in [0.29, 0.717) is 0 Å². The Labute approximate surface area is 59.2 Å². The second kappa shape index (κ2) is 2.98. The Kier molecular flexibility index (Phi) is 2.79. The highest BCUT2D eigenvalue weighted by Gasteiger charge is 2.14. The molecule has 5 nitrogen and oxygen atoms in total. The van der Waals surface area contributed by atoms with Crippen LogP contribution in [0, 0.1) is 4.78 Å². The van der Waals surface area contributed by atoms with E-state index in [1.807, 2.05) is 0 Å². The zero-order valence-corrected chi connectivity index (χ0v) is 6.35. The van der Waals surface area contributed by atoms with Gasteiger partial charge in [-0.2, -0.15) is 0 Å². The Hall–Kier alpha value is -0.620. The third kappa shape index (κ3) is 4.28. The molecule has 0 aromatic heterocycles. The Morgan fingerprint density at radius 3 is 2.40 bits per heavy atom. The maximum atomic E-state index is 10.6. The summed E-state index contributed by atoms with van der Waals surface area (Å²) in [6.45, 7) is 0. The van der Waals surface area contributed by atoms with Crippen molar-refractivity contribution in [1.29, 1.82) is 4.78 Å². The van der Waals surface area contributed by atoms with Crippen LogP contribution in [0.3, 0.4) is 0 Å². The highest BCUT2D eigenvalue weighted by Crippen LogP contribution is 1.88. The maximum Gasteiger partial charge on any atom is 0.321 e. The van der Waals surface area contributed by atoms with Crippen LogP contribution in [0.1, 0.15) is 0 Å². The molecule has 10 heavy (non-hydrogen) atoms. The first-order valence-corrected chi connectivity index (χ1v) is 4.66. The van der Waals surface area contributed by atoms with Crippen LogP contribution < -0.4 is 5.73 Å². The van der Waals surface area contributed by atoms with Crippen molar-refractivity contribution in [3.63, 3.8) is 0 Å². The van der Waals surface area contributed by atoms with Gasteiger partial charge in [-0.05, 0) is 0 Å². The first kappa shape index (κ1) is 9.38. The third-order valence-corrected chi connectivity index (χ3v) is 1.81. The highest BCUT2D eigenvalue weighted by molar-refractivity contribution is 7.91. The summed E-state index contributed by atoms with van der Waals surface area (Å²) >= 11 is 0. The van der Waals surface area contributed by atoms with Crippen LogP contribution in [-0.4, -0.2) is 33.3 Å². The van der Waals surface area contributed by atoms with Gasteiger partial charge in [-0.15, -0.1) is 0 Å². The first-order chi connectivity index (χ1) is 4.33. The lowest BCUT2D eigenvalue weighted by Gasteiger charge is -2.04. The molecule has 4 N–H and O–H groups in total. The average Bonchev–Trinajstić information content (AvgIpc) is 1.60. The summed E-state index contributed by atoms with van der Waals surface area (Å²) in [5.74, 6) is -1.51. The zero-order chi connectivity index (χ0) is 8.36. The molecule has 2 atom stereocenters. The van der Waals surface area contributed by atoms with Gasteiger partial charge >= 0.3 is 5.97 Å². The standard InChI is InChI=1S/C4H10N2O3S/c1-10(6,9)2-3(5)4(7)8/h3,6H,2,5H2,1H3,(H,7,8). The predicted octanol–water partition coefficient (Wildman–Crippen LogP) is -0.925. The van der Waals surface area contributed by atoms with Gasteiger partial charge in [0.15, 0.2) is 0 Å². The molecule has 0 bridgehead atoms. The smallest absolute Gasteiger partial charge is 0.321 e. The number of aliphatic carboxylic acids is 1. The summed E-state index contributed by atoms with van der Waals surface area (Å²) in [4.78, 5) is 10.0. The van der Waals surface area contributed by atoms with Gasteiger partial charge in [-0.3, -0.25) is 13.8 Å². The lowest BCUT2D eigenvalue weighted by Crippen LogP contribution is -2.36. The molecule has 0 aliphatic heterocycles. The van der Waals surface area contributed by atoms with E-state index >= 15 is 0 Å². The Morgan fingerprint density at radius 2 is 2.30 bits per heavy atom. The van der Waals surface area contributed by atoms with Crippen LogP contribution in [0.4, 0.5) is 0 Å². The van der Waals surface area contributed by atoms with E-state index in [2.05, 4.69) is 0 Å². The van der Waals surface area contributed by atoms with Crippen molar-refractivity contribution < 1.29 is 14.1 Å². The molecule has 0 heterocycles. The molecule has 0 saturated carbocycles. The van der Waals surface area contributed by atoms with Crippen LogP contribution in [0.5, 0.6) is 0 Å². The summed E-state index contributed by atoms with van der Waals surface area (Å²) in [5.41, 5.74) is 5.00. The fourth-order valence-electron chi connectivity index (χ4n) is 0.414. The predicted molar refractivity (Wildman–Crippen MR) is 37.3 cm³/mol. The number of nitrogens with one attached hydrogen (secondary N) is 1. The SMILES string of the molecule is CS(=N)(=O)CC(N)C(=O)O. The normalized spacial score (nSPS) is 19.4. The summed E-state index contributed by atoms with van der Waals surface area (Å²) in [7, 11) is -2.77. The number of carboxylic acid groups (broad SMARTS) is 1. The molecular formula is C4H10N2O3S. The van der Waals surface area contributed by atoms with Crippen LogP contribution in [0.25, 0.3) is 0 Å². The molecule has 0 saturated heterocycles. The summed E-state index contributed by atoms with van der Waals surface area (Å²) in [6, 6.07) is -1.19. The number of hydrogen-bond acceptors (Lipinski definition) is 4. The van der Waals surface area contributed by atoms with Crippen LogP contribution in [0.2, 0.25) is 0 Å². The summed E-state index contributed by atoms with van der Waals surface area (Å²) in [6.07, 6.45) is 1.16. The molecule has 0 fully saturated rings. The second-order valence-electron chi connectivity index (χ2n) is 2.12. The largest absolute Gasteiger partial charge is 0.480 e. The molecule has 0 rings (SSSR count). The van der Waals surface area contributed by atoms with Gasteiger partial charge < -0.3 is 10.8 Å². The minimum atomic E-state index is -2.77. The number of rotatable bonds is 3. The number of carbonyl (C=O) groups is 1. The van der Waals surface area contributed by atoms with Crippen molar-refractivity contribution in [1.82, 2.24) is 0 Å². The average molecular weight is 166 g/mol. The summed E-state index contributed by atoms with van der Waals surface area (Å²) in [5, 5.41) is 8.21. The van der Waals surface area contributed by atoms with Gasteiger partial charge in [0.2, 0.25) is 0 Å². The Balaban J connectivity index is 4.06. The number of hydrogen-bond donors (Lipinski definition) is 3. The van der Waals surface area contributed by atoms with E-state index in [1.54, 1.807) is 0 Å². The number of carboxylic acids is 1. The molecule has 0 aromatic carbocycles. The van der Waals surface area contributed by atoms with Crippen molar-refractivity contribution in [2.75, 3.05) is 12.0 Å². The van der Waals surface area contributed by atoms with Gasteiger partial charge in [0.05, 0.1) is 5.75 Å². The minimum Gasteiger partial charge on any atom is -0.480 e. The van der Waals surface area contributed by atoms with E-state index in [-0.39, 0.29) is 5.75 Å². The van der Waals surface area contributed by atoms with E-state index < -0.39 is 21.7 Å². The van der Waals surface area contributed by atoms with Crippen molar-refractivity contribution in [2.45, 2.75) is 6.04 Å². The van der Waals surface area contributed by atoms with Crippen molar-refractivity contribution in [3.8, 4) is 0 Å². The quantitative estimate of drug-likeness (QED) is 0.504. The fraction of sp³-hybridized carbons (Fsp3) is 0.750. The number of nitrogens with two attached hydrogens (primary N) is 1. The fourth-order valence-corrected chi connectivity index (χ4v) is 1.24. The van der Waals surface area contributed by atoms with E-state index in [9.17, 15) is 9.00 Å². The maximum absolute atomic E-state index is 10.6. The van der Waals surface area contributed by atoms with E-state index in [1.165, 1.54) is 0 Å². The third-order valence-electron chi connectivity index (χ3n) is 0.815. The lowest BCUT2D eigenvalue weighted by molar-refractivity contribution is -0.137. The molecule has 0 aromatic rings. The van der Waals surface area contributed by atoms with Gasteiger partial charge in [0, 0.05) is 16.0 Å². The molecule has 0 amide bonds. The van der Waals surface area contributed by atoms with Gasteiger partial charge in [0.25, 0.3) is 0 Å². The van der Waals surface area contributed by atoms with Gasteiger partial charge in [0.1, 0.15) is 6.04 Å². The van der Waals surface area contributed by atoms with Crippen LogP contribution in [0.15, 0.2) is 0 Å². The second-order valence-corrected chi connectivity index (χ2v) is 4.46. The Morgan fingerprint density at radius 1 is 1.90 bits per heavy atom. The van der Waals surface area contributed by atoms with E-state index in [4.69, 9.17) is 15.6 Å².